The van der Waals surface area contributed by atoms with Gasteiger partial charge in [-0.05, 0) is 38.7 Å². The van der Waals surface area contributed by atoms with Crippen LogP contribution < -0.4 is 0 Å². The summed E-state index contributed by atoms with van der Waals surface area (Å²) < 4.78 is 0. The predicted molar refractivity (Wildman–Crippen MR) is 81.4 cm³/mol. The van der Waals surface area contributed by atoms with Crippen LogP contribution >= 0.6 is 11.8 Å². The number of nitrogens with zero attached hydrogens (tertiary/aromatic N) is 1. The molecule has 0 rings (SSSR count). The van der Waals surface area contributed by atoms with Crippen molar-refractivity contribution in [2.75, 3.05) is 6.26 Å². The average molecular weight is 267 g/mol. The maximum Gasteiger partial charge on any atom is 0.224 e. The smallest absolute Gasteiger partial charge is 0.224 e. The molecule has 0 bridgehead atoms. The molecule has 0 aromatic carbocycles. The highest BCUT2D eigenvalue weighted by Gasteiger charge is 2.25. The van der Waals surface area contributed by atoms with E-state index in [0.717, 1.165) is 17.9 Å². The first-order valence-corrected chi connectivity index (χ1v) is 7.61. The molecule has 0 aliphatic rings. The highest BCUT2D eigenvalue weighted by atomic mass is 32.2. The van der Waals surface area contributed by atoms with E-state index in [9.17, 15) is 4.79 Å². The van der Waals surface area contributed by atoms with Crippen molar-refractivity contribution < 1.29 is 4.79 Å². The molecule has 102 valence electrons. The Kier molecular flexibility index (Phi) is 8.61. The Labute approximate surface area is 116 Å². The Morgan fingerprint density at radius 2 is 2.17 bits per heavy atom. The third-order valence-corrected chi connectivity index (χ3v) is 3.64. The van der Waals surface area contributed by atoms with Gasteiger partial charge < -0.3 is 4.90 Å². The second-order valence-electron chi connectivity index (χ2n) is 4.30. The topological polar surface area (TPSA) is 20.3 Å². The van der Waals surface area contributed by atoms with Crippen LogP contribution in [0.15, 0.2) is 29.5 Å². The van der Waals surface area contributed by atoms with E-state index >= 15 is 0 Å². The van der Waals surface area contributed by atoms with E-state index in [-0.39, 0.29) is 11.9 Å². The molecule has 2 atom stereocenters. The van der Waals surface area contributed by atoms with Gasteiger partial charge in [0.05, 0.1) is 5.03 Å². The largest absolute Gasteiger partial charge is 0.304 e. The van der Waals surface area contributed by atoms with Crippen molar-refractivity contribution in [2.45, 2.75) is 46.6 Å². The maximum absolute atomic E-state index is 11.8. The van der Waals surface area contributed by atoms with E-state index in [1.807, 2.05) is 19.3 Å². The van der Waals surface area contributed by atoms with Gasteiger partial charge in [-0.2, -0.15) is 0 Å². The van der Waals surface area contributed by atoms with Gasteiger partial charge in [-0.15, -0.1) is 17.5 Å². The minimum Gasteiger partial charge on any atom is -0.304 e. The predicted octanol–water partition coefficient (Wildman–Crippen LogP) is 4.21. The van der Waals surface area contributed by atoms with Crippen LogP contribution in [0.5, 0.6) is 0 Å². The SMILES string of the molecule is C=C(SC)N(C(C)=O)C(C)C(C=C=CC)CCC. The van der Waals surface area contributed by atoms with Crippen molar-refractivity contribution in [3.05, 3.63) is 29.5 Å². The van der Waals surface area contributed by atoms with Crippen LogP contribution in [0, 0.1) is 5.92 Å². The summed E-state index contributed by atoms with van der Waals surface area (Å²) in [6, 6.07) is 0.120. The first-order valence-electron chi connectivity index (χ1n) is 6.39. The van der Waals surface area contributed by atoms with Gasteiger partial charge in [0.15, 0.2) is 0 Å². The molecule has 1 amide bonds. The number of thioether (sulfide) groups is 1. The zero-order valence-electron chi connectivity index (χ0n) is 12.2. The molecule has 0 fully saturated rings. The van der Waals surface area contributed by atoms with Crippen LogP contribution in [0.4, 0.5) is 0 Å². The molecule has 2 unspecified atom stereocenters. The molecule has 3 heteroatoms. The molecule has 0 aliphatic carbocycles. The van der Waals surface area contributed by atoms with Gasteiger partial charge in [-0.25, -0.2) is 0 Å². The van der Waals surface area contributed by atoms with E-state index in [4.69, 9.17) is 0 Å². The van der Waals surface area contributed by atoms with Crippen molar-refractivity contribution in [3.8, 4) is 0 Å². The monoisotopic (exact) mass is 267 g/mol. The summed E-state index contributed by atoms with van der Waals surface area (Å²) in [5.74, 6) is 0.371. The number of carbonyl (C=O) groups is 1. The van der Waals surface area contributed by atoms with Crippen molar-refractivity contribution in [1.29, 1.82) is 0 Å². The Morgan fingerprint density at radius 3 is 2.56 bits per heavy atom. The fraction of sp³-hybridized carbons (Fsp3) is 0.600. The fourth-order valence-corrected chi connectivity index (χ4v) is 2.49. The molecule has 0 radical (unpaired) electrons. The Bertz CT molecular complexity index is 342. The Morgan fingerprint density at radius 1 is 1.56 bits per heavy atom. The number of hydrogen-bond donors (Lipinski definition) is 0. The molecule has 0 aromatic rings. The van der Waals surface area contributed by atoms with Crippen molar-refractivity contribution in [1.82, 2.24) is 4.90 Å². The van der Waals surface area contributed by atoms with Gasteiger partial charge in [-0.1, -0.05) is 19.9 Å². The third-order valence-electron chi connectivity index (χ3n) is 2.97. The van der Waals surface area contributed by atoms with Gasteiger partial charge in [0, 0.05) is 18.9 Å². The minimum absolute atomic E-state index is 0.0526. The summed E-state index contributed by atoms with van der Waals surface area (Å²) in [5, 5.41) is 0.810. The van der Waals surface area contributed by atoms with Crippen molar-refractivity contribution in [3.63, 3.8) is 0 Å². The van der Waals surface area contributed by atoms with Crippen LogP contribution in [0.25, 0.3) is 0 Å². The fourth-order valence-electron chi connectivity index (χ4n) is 2.00. The van der Waals surface area contributed by atoms with Crippen LogP contribution in [-0.4, -0.2) is 23.1 Å². The molecule has 0 aromatic heterocycles. The van der Waals surface area contributed by atoms with Gasteiger partial charge in [0.2, 0.25) is 5.91 Å². The molecule has 18 heavy (non-hydrogen) atoms. The Hall–Kier alpha value is -0.920. The number of hydrogen-bond acceptors (Lipinski definition) is 2. The van der Waals surface area contributed by atoms with Crippen molar-refractivity contribution in [2.24, 2.45) is 5.92 Å². The molecule has 0 spiro atoms. The molecule has 0 N–H and O–H groups in total. The highest BCUT2D eigenvalue weighted by molar-refractivity contribution is 8.02. The summed E-state index contributed by atoms with van der Waals surface area (Å²) in [5.41, 5.74) is 3.14. The second-order valence-corrected chi connectivity index (χ2v) is 5.18. The molecule has 2 nitrogen and oxygen atoms in total. The van der Waals surface area contributed by atoms with Gasteiger partial charge in [-0.3, -0.25) is 4.79 Å². The third kappa shape index (κ3) is 5.16. The average Bonchev–Trinajstić information content (AvgIpc) is 2.33. The first-order chi connectivity index (χ1) is 8.49. The summed E-state index contributed by atoms with van der Waals surface area (Å²) in [4.78, 5) is 13.6. The number of amides is 1. The lowest BCUT2D eigenvalue weighted by Crippen LogP contribution is -2.39. The van der Waals surface area contributed by atoms with Crippen LogP contribution in [0.3, 0.4) is 0 Å². The van der Waals surface area contributed by atoms with E-state index in [0.29, 0.717) is 5.92 Å². The normalized spacial score (nSPS) is 13.2. The lowest BCUT2D eigenvalue weighted by Gasteiger charge is -2.33. The summed E-state index contributed by atoms with van der Waals surface area (Å²) in [6.07, 6.45) is 8.05. The lowest BCUT2D eigenvalue weighted by molar-refractivity contribution is -0.128. The van der Waals surface area contributed by atoms with Crippen molar-refractivity contribution >= 4 is 17.7 Å². The van der Waals surface area contributed by atoms with E-state index < -0.39 is 0 Å². The molecule has 0 saturated carbocycles. The van der Waals surface area contributed by atoms with Crippen LogP contribution in [0.1, 0.15) is 40.5 Å². The van der Waals surface area contributed by atoms with E-state index in [2.05, 4.69) is 32.2 Å². The summed E-state index contributed by atoms with van der Waals surface area (Å²) in [7, 11) is 0. The zero-order chi connectivity index (χ0) is 14.1. The number of carbonyl (C=O) groups excluding carboxylic acids is 1. The van der Waals surface area contributed by atoms with Gasteiger partial charge >= 0.3 is 0 Å². The summed E-state index contributed by atoms with van der Waals surface area (Å²) in [6.45, 7) is 11.8. The Balaban J connectivity index is 5.11. The number of rotatable bonds is 7. The van der Waals surface area contributed by atoms with Gasteiger partial charge in [0.25, 0.3) is 0 Å². The zero-order valence-corrected chi connectivity index (χ0v) is 13.0. The molecule has 0 saturated heterocycles. The second kappa shape index (κ2) is 9.07. The summed E-state index contributed by atoms with van der Waals surface area (Å²) >= 11 is 1.52. The molecule has 0 heterocycles. The first kappa shape index (κ1) is 17.1. The quantitative estimate of drug-likeness (QED) is 0.644. The highest BCUT2D eigenvalue weighted by Crippen LogP contribution is 2.25. The van der Waals surface area contributed by atoms with Crippen LogP contribution in [0.2, 0.25) is 0 Å². The van der Waals surface area contributed by atoms with E-state index in [1.54, 1.807) is 11.8 Å². The van der Waals surface area contributed by atoms with Crippen LogP contribution in [-0.2, 0) is 4.79 Å². The van der Waals surface area contributed by atoms with Gasteiger partial charge in [0.1, 0.15) is 0 Å². The minimum atomic E-state index is 0.0526. The van der Waals surface area contributed by atoms with E-state index in [1.165, 1.54) is 11.8 Å². The standard InChI is InChI=1S/C15H25NOS/c1-7-9-11-15(10-8-2)12(3)16(13(4)17)14(5)18-6/h7,11-12,15H,5,8,10H2,1-4,6H3. The molecular formula is C15H25NOS. The lowest BCUT2D eigenvalue weighted by atomic mass is 9.94. The molecular weight excluding hydrogens is 242 g/mol. The molecule has 0 aliphatic heterocycles. The maximum atomic E-state index is 11.8.